The maximum absolute atomic E-state index is 12.8. The topological polar surface area (TPSA) is 60.3 Å². The van der Waals surface area contributed by atoms with Crippen molar-refractivity contribution in [3.8, 4) is 11.1 Å². The average Bonchev–Trinajstić information content (AvgIpc) is 3.30. The molecule has 0 spiro atoms. The standard InChI is InChI=1S/C24H22N2O3S/c1-3-29-24(28)22-19(16-9-5-4-6-10-16)15-30-23(22)25-21(27)13-17-14-26(2)20-12-8-7-11-18(17)20/h4-12,14-15H,3,13H2,1-2H3,(H,25,27). The van der Waals surface area contributed by atoms with Crippen LogP contribution in [0, 0.1) is 0 Å². The molecule has 5 nitrogen and oxygen atoms in total. The Kier molecular flexibility index (Phi) is 5.68. The van der Waals surface area contributed by atoms with Crippen molar-refractivity contribution in [2.24, 2.45) is 7.05 Å². The van der Waals surface area contributed by atoms with Gasteiger partial charge in [0.1, 0.15) is 10.6 Å². The van der Waals surface area contributed by atoms with Crippen LogP contribution in [-0.4, -0.2) is 23.1 Å². The third kappa shape index (κ3) is 3.86. The quantitative estimate of drug-likeness (QED) is 0.434. The van der Waals surface area contributed by atoms with Crippen LogP contribution >= 0.6 is 11.3 Å². The first-order valence-corrected chi connectivity index (χ1v) is 10.6. The number of thiophene rings is 1. The zero-order valence-electron chi connectivity index (χ0n) is 16.8. The van der Waals surface area contributed by atoms with Gasteiger partial charge in [-0.2, -0.15) is 0 Å². The lowest BCUT2D eigenvalue weighted by molar-refractivity contribution is -0.115. The normalized spacial score (nSPS) is 10.9. The zero-order valence-corrected chi connectivity index (χ0v) is 17.7. The SMILES string of the molecule is CCOC(=O)c1c(-c2ccccc2)csc1NC(=O)Cc1cn(C)c2ccccc12. The molecule has 0 aliphatic carbocycles. The summed E-state index contributed by atoms with van der Waals surface area (Å²) in [6.45, 7) is 2.04. The fourth-order valence-electron chi connectivity index (χ4n) is 3.60. The van der Waals surface area contributed by atoms with Gasteiger partial charge in [0.2, 0.25) is 5.91 Å². The predicted octanol–water partition coefficient (Wildman–Crippen LogP) is 5.26. The Labute approximate surface area is 178 Å². The van der Waals surface area contributed by atoms with E-state index in [0.29, 0.717) is 10.6 Å². The van der Waals surface area contributed by atoms with Crippen molar-refractivity contribution < 1.29 is 14.3 Å². The molecule has 1 N–H and O–H groups in total. The van der Waals surface area contributed by atoms with Gasteiger partial charge in [0.15, 0.2) is 0 Å². The van der Waals surface area contributed by atoms with E-state index >= 15 is 0 Å². The molecule has 1 amide bonds. The summed E-state index contributed by atoms with van der Waals surface area (Å²) in [5.74, 6) is -0.601. The number of fused-ring (bicyclic) bond motifs is 1. The summed E-state index contributed by atoms with van der Waals surface area (Å²) >= 11 is 1.33. The monoisotopic (exact) mass is 418 g/mol. The third-order valence-electron chi connectivity index (χ3n) is 4.94. The summed E-state index contributed by atoms with van der Waals surface area (Å²) < 4.78 is 7.28. The second-order valence-corrected chi connectivity index (χ2v) is 7.83. The third-order valence-corrected chi connectivity index (χ3v) is 5.83. The Balaban J connectivity index is 1.63. The van der Waals surface area contributed by atoms with Crippen LogP contribution in [0.3, 0.4) is 0 Å². The van der Waals surface area contributed by atoms with Crippen molar-refractivity contribution >= 4 is 39.1 Å². The van der Waals surface area contributed by atoms with Crippen molar-refractivity contribution in [3.05, 3.63) is 77.3 Å². The van der Waals surface area contributed by atoms with Crippen LogP contribution in [0.5, 0.6) is 0 Å². The van der Waals surface area contributed by atoms with E-state index in [2.05, 4.69) is 5.32 Å². The number of hydrogen-bond acceptors (Lipinski definition) is 4. The van der Waals surface area contributed by atoms with Crippen LogP contribution in [-0.2, 0) is 23.0 Å². The molecule has 30 heavy (non-hydrogen) atoms. The number of amides is 1. The van der Waals surface area contributed by atoms with Gasteiger partial charge < -0.3 is 14.6 Å². The summed E-state index contributed by atoms with van der Waals surface area (Å²) in [7, 11) is 1.97. The Morgan fingerprint density at radius 1 is 1.07 bits per heavy atom. The lowest BCUT2D eigenvalue weighted by atomic mass is 10.0. The van der Waals surface area contributed by atoms with E-state index in [1.807, 2.05) is 77.8 Å². The molecule has 4 rings (SSSR count). The highest BCUT2D eigenvalue weighted by Gasteiger charge is 2.23. The fourth-order valence-corrected chi connectivity index (χ4v) is 4.57. The number of aryl methyl sites for hydroxylation is 1. The first-order valence-electron chi connectivity index (χ1n) is 9.75. The van der Waals surface area contributed by atoms with Gasteiger partial charge in [-0.1, -0.05) is 48.5 Å². The van der Waals surface area contributed by atoms with E-state index in [0.717, 1.165) is 27.6 Å². The number of ether oxygens (including phenoxy) is 1. The van der Waals surface area contributed by atoms with Gasteiger partial charge in [-0.05, 0) is 24.1 Å². The van der Waals surface area contributed by atoms with Crippen LogP contribution in [0.15, 0.2) is 66.2 Å². The van der Waals surface area contributed by atoms with Gasteiger partial charge in [0, 0.05) is 35.1 Å². The molecule has 0 unspecified atom stereocenters. The first-order chi connectivity index (χ1) is 14.6. The molecule has 0 radical (unpaired) electrons. The van der Waals surface area contributed by atoms with Crippen molar-refractivity contribution in [2.75, 3.05) is 11.9 Å². The van der Waals surface area contributed by atoms with Crippen LogP contribution < -0.4 is 5.32 Å². The Bertz CT molecular complexity index is 1210. The zero-order chi connectivity index (χ0) is 21.1. The molecule has 2 aromatic carbocycles. The van der Waals surface area contributed by atoms with Crippen molar-refractivity contribution in [1.82, 2.24) is 4.57 Å². The summed E-state index contributed by atoms with van der Waals surface area (Å²) in [5.41, 5.74) is 4.10. The number of carbonyl (C=O) groups excluding carboxylic acids is 2. The largest absolute Gasteiger partial charge is 0.462 e. The molecule has 2 heterocycles. The van der Waals surface area contributed by atoms with E-state index in [1.165, 1.54) is 11.3 Å². The van der Waals surface area contributed by atoms with Gasteiger partial charge in [-0.25, -0.2) is 4.79 Å². The second-order valence-electron chi connectivity index (χ2n) is 6.95. The minimum atomic E-state index is -0.432. The number of carbonyl (C=O) groups is 2. The molecule has 0 saturated heterocycles. The van der Waals surface area contributed by atoms with E-state index in [9.17, 15) is 9.59 Å². The van der Waals surface area contributed by atoms with E-state index < -0.39 is 5.97 Å². The summed E-state index contributed by atoms with van der Waals surface area (Å²) in [5, 5.41) is 6.38. The van der Waals surface area contributed by atoms with Gasteiger partial charge in [-0.15, -0.1) is 11.3 Å². The molecule has 0 fully saturated rings. The molecular weight excluding hydrogens is 396 g/mol. The predicted molar refractivity (Wildman–Crippen MR) is 121 cm³/mol. The fraction of sp³-hybridized carbons (Fsp3) is 0.167. The van der Waals surface area contributed by atoms with Crippen molar-refractivity contribution in [1.29, 1.82) is 0 Å². The molecule has 4 aromatic rings. The number of anilines is 1. The number of aromatic nitrogens is 1. The van der Waals surface area contributed by atoms with E-state index in [1.54, 1.807) is 6.92 Å². The maximum atomic E-state index is 12.8. The highest BCUT2D eigenvalue weighted by molar-refractivity contribution is 7.15. The van der Waals surface area contributed by atoms with Crippen molar-refractivity contribution in [2.45, 2.75) is 13.3 Å². The number of rotatable bonds is 6. The van der Waals surface area contributed by atoms with Crippen LogP contribution in [0.25, 0.3) is 22.0 Å². The molecule has 152 valence electrons. The van der Waals surface area contributed by atoms with E-state index in [-0.39, 0.29) is 18.9 Å². The van der Waals surface area contributed by atoms with Crippen molar-refractivity contribution in [3.63, 3.8) is 0 Å². The minimum absolute atomic E-state index is 0.168. The molecule has 0 aliphatic rings. The molecule has 2 aromatic heterocycles. The molecule has 0 bridgehead atoms. The lowest BCUT2D eigenvalue weighted by Crippen LogP contribution is -2.16. The highest BCUT2D eigenvalue weighted by atomic mass is 32.1. The number of nitrogens with zero attached hydrogens (tertiary/aromatic N) is 1. The van der Waals surface area contributed by atoms with Gasteiger partial charge in [0.05, 0.1) is 13.0 Å². The number of benzene rings is 2. The van der Waals surface area contributed by atoms with E-state index in [4.69, 9.17) is 4.74 Å². The number of esters is 1. The van der Waals surface area contributed by atoms with Crippen LogP contribution in [0.2, 0.25) is 0 Å². The highest BCUT2D eigenvalue weighted by Crippen LogP contribution is 2.36. The molecule has 0 saturated carbocycles. The number of para-hydroxylation sites is 1. The Morgan fingerprint density at radius 3 is 2.57 bits per heavy atom. The van der Waals surface area contributed by atoms with Gasteiger partial charge >= 0.3 is 5.97 Å². The summed E-state index contributed by atoms with van der Waals surface area (Å²) in [4.78, 5) is 25.5. The molecule has 0 atom stereocenters. The summed E-state index contributed by atoms with van der Waals surface area (Å²) in [6.07, 6.45) is 2.20. The minimum Gasteiger partial charge on any atom is -0.462 e. The summed E-state index contributed by atoms with van der Waals surface area (Å²) in [6, 6.07) is 17.6. The molecule has 6 heteroatoms. The molecule has 0 aliphatic heterocycles. The van der Waals surface area contributed by atoms with Crippen LogP contribution in [0.4, 0.5) is 5.00 Å². The number of nitrogens with one attached hydrogen (secondary N) is 1. The Morgan fingerprint density at radius 2 is 1.80 bits per heavy atom. The maximum Gasteiger partial charge on any atom is 0.341 e. The lowest BCUT2D eigenvalue weighted by Gasteiger charge is -2.09. The average molecular weight is 419 g/mol. The second kappa shape index (κ2) is 8.55. The van der Waals surface area contributed by atoms with Gasteiger partial charge in [-0.3, -0.25) is 4.79 Å². The smallest absolute Gasteiger partial charge is 0.341 e. The first kappa shape index (κ1) is 19.9. The number of hydrogen-bond donors (Lipinski definition) is 1. The van der Waals surface area contributed by atoms with Crippen LogP contribution in [0.1, 0.15) is 22.8 Å². The van der Waals surface area contributed by atoms with Gasteiger partial charge in [0.25, 0.3) is 0 Å². The Hall–Kier alpha value is -3.38. The molecular formula is C24H22N2O3S.